The van der Waals surface area contributed by atoms with Gasteiger partial charge in [0.15, 0.2) is 12.2 Å². The third kappa shape index (κ3) is 67.0. The van der Waals surface area contributed by atoms with Gasteiger partial charge in [0.2, 0.25) is 0 Å². The zero-order chi connectivity index (χ0) is 68.7. The molecular weight excluding hydrogens is 1220 g/mol. The van der Waals surface area contributed by atoms with Crippen molar-refractivity contribution in [3.05, 3.63) is 0 Å². The number of phosphoric ester groups is 2. The van der Waals surface area contributed by atoms with E-state index in [0.29, 0.717) is 25.7 Å². The van der Waals surface area contributed by atoms with E-state index in [-0.39, 0.29) is 25.7 Å². The van der Waals surface area contributed by atoms with Crippen LogP contribution < -0.4 is 0 Å². The summed E-state index contributed by atoms with van der Waals surface area (Å²) in [6, 6.07) is 0. The molecule has 0 radical (unpaired) electrons. The van der Waals surface area contributed by atoms with Gasteiger partial charge in [0, 0.05) is 25.7 Å². The van der Waals surface area contributed by atoms with Crippen molar-refractivity contribution in [1.29, 1.82) is 0 Å². The topological polar surface area (TPSA) is 237 Å². The molecular formula is C74H144O17P2. The van der Waals surface area contributed by atoms with Gasteiger partial charge in [0.05, 0.1) is 26.4 Å². The van der Waals surface area contributed by atoms with Crippen molar-refractivity contribution in [2.24, 2.45) is 17.8 Å². The molecule has 19 heteroatoms. The Hall–Kier alpha value is -1.94. The van der Waals surface area contributed by atoms with Gasteiger partial charge >= 0.3 is 39.5 Å². The zero-order valence-corrected chi connectivity index (χ0v) is 62.5. The molecule has 0 aromatic heterocycles. The molecule has 93 heavy (non-hydrogen) atoms. The standard InChI is InChI=1S/C74H144O17P2/c1-8-10-11-12-13-14-28-33-41-48-55-71(76)85-62-70(91-74(79)58-51-44-37-36-40-47-54-67(7)9-2)64-89-93(82,83)87-60-68(75)59-86-92(80,81)88-63-69(61-84-72(77)56-49-42-34-29-24-21-20-23-27-32-39-46-53-66(5)6)90-73(78)57-50-43-35-30-25-19-17-15-16-18-22-26-31-38-45-52-65(3)4/h65-70,75H,8-64H2,1-7H3,(H,80,81)(H,82,83)/t67?,68-,69-,70-/m1/s1. The summed E-state index contributed by atoms with van der Waals surface area (Å²) < 4.78 is 68.4. The van der Waals surface area contributed by atoms with Crippen molar-refractivity contribution >= 4 is 39.5 Å². The minimum atomic E-state index is -4.96. The van der Waals surface area contributed by atoms with E-state index in [1.54, 1.807) is 0 Å². The second kappa shape index (κ2) is 64.7. The van der Waals surface area contributed by atoms with Crippen LogP contribution in [0.5, 0.6) is 0 Å². The maximum absolute atomic E-state index is 13.1. The summed E-state index contributed by atoms with van der Waals surface area (Å²) in [5.41, 5.74) is 0. The average Bonchev–Trinajstić information content (AvgIpc) is 1.79. The maximum atomic E-state index is 13.1. The molecule has 0 saturated heterocycles. The van der Waals surface area contributed by atoms with Crippen molar-refractivity contribution in [2.45, 2.75) is 394 Å². The Bertz CT molecular complexity index is 1820. The van der Waals surface area contributed by atoms with E-state index >= 15 is 0 Å². The minimum absolute atomic E-state index is 0.103. The molecule has 6 atom stereocenters. The molecule has 3 unspecified atom stereocenters. The Labute approximate surface area is 568 Å². The number of ether oxygens (including phenoxy) is 4. The van der Waals surface area contributed by atoms with Gasteiger partial charge in [-0.05, 0) is 43.4 Å². The number of esters is 4. The lowest BCUT2D eigenvalue weighted by atomic mass is 10.00. The number of phosphoric acid groups is 2. The highest BCUT2D eigenvalue weighted by molar-refractivity contribution is 7.47. The molecule has 0 aliphatic heterocycles. The highest BCUT2D eigenvalue weighted by Gasteiger charge is 2.30. The highest BCUT2D eigenvalue weighted by atomic mass is 31.2. The predicted octanol–water partition coefficient (Wildman–Crippen LogP) is 21.4. The molecule has 0 bridgehead atoms. The number of hydrogen-bond acceptors (Lipinski definition) is 15. The van der Waals surface area contributed by atoms with Crippen LogP contribution in [0.3, 0.4) is 0 Å². The summed E-state index contributed by atoms with van der Waals surface area (Å²) in [5.74, 6) is 0.182. The van der Waals surface area contributed by atoms with Gasteiger partial charge in [-0.1, -0.05) is 325 Å². The number of unbranched alkanes of at least 4 members (excludes halogenated alkanes) is 39. The monoisotopic (exact) mass is 1370 g/mol. The number of rotatable bonds is 72. The van der Waals surface area contributed by atoms with E-state index in [1.165, 1.54) is 186 Å². The van der Waals surface area contributed by atoms with Crippen LogP contribution in [0.1, 0.15) is 376 Å². The van der Waals surface area contributed by atoms with Gasteiger partial charge in [-0.25, -0.2) is 9.13 Å². The van der Waals surface area contributed by atoms with Gasteiger partial charge in [0.25, 0.3) is 0 Å². The van der Waals surface area contributed by atoms with Crippen LogP contribution in [0.15, 0.2) is 0 Å². The summed E-state index contributed by atoms with van der Waals surface area (Å²) in [6.07, 6.45) is 50.0. The number of hydrogen-bond donors (Lipinski definition) is 3. The fourth-order valence-corrected chi connectivity index (χ4v) is 12.8. The Kier molecular flexibility index (Phi) is 63.4. The number of carbonyl (C=O) groups excluding carboxylic acids is 4. The van der Waals surface area contributed by atoms with Crippen LogP contribution in [-0.4, -0.2) is 96.7 Å². The van der Waals surface area contributed by atoms with Gasteiger partial charge in [-0.15, -0.1) is 0 Å². The number of carbonyl (C=O) groups is 4. The molecule has 0 aromatic carbocycles. The first kappa shape index (κ1) is 91.1. The molecule has 0 amide bonds. The first-order valence-corrected chi connectivity index (χ1v) is 41.4. The quantitative estimate of drug-likeness (QED) is 0.0222. The molecule has 0 aliphatic carbocycles. The Morgan fingerprint density at radius 1 is 0.312 bits per heavy atom. The molecule has 3 N–H and O–H groups in total. The second-order valence-corrected chi connectivity index (χ2v) is 30.8. The number of aliphatic hydroxyl groups is 1. The fourth-order valence-electron chi connectivity index (χ4n) is 11.2. The van der Waals surface area contributed by atoms with Gasteiger partial charge in [-0.3, -0.25) is 37.3 Å². The predicted molar refractivity (Wildman–Crippen MR) is 377 cm³/mol. The van der Waals surface area contributed by atoms with Crippen LogP contribution in [0.4, 0.5) is 0 Å². The van der Waals surface area contributed by atoms with E-state index in [4.69, 9.17) is 37.0 Å². The van der Waals surface area contributed by atoms with Crippen LogP contribution in [0, 0.1) is 17.8 Å². The molecule has 0 spiro atoms. The van der Waals surface area contributed by atoms with Crippen LogP contribution in [0.2, 0.25) is 0 Å². The van der Waals surface area contributed by atoms with E-state index < -0.39 is 97.5 Å². The largest absolute Gasteiger partial charge is 0.472 e. The van der Waals surface area contributed by atoms with E-state index in [9.17, 15) is 43.2 Å². The summed E-state index contributed by atoms with van der Waals surface area (Å²) in [4.78, 5) is 72.7. The maximum Gasteiger partial charge on any atom is 0.472 e. The van der Waals surface area contributed by atoms with Crippen LogP contribution >= 0.6 is 15.6 Å². The molecule has 0 heterocycles. The average molecular weight is 1370 g/mol. The summed E-state index contributed by atoms with van der Waals surface area (Å²) in [6.45, 7) is 11.9. The van der Waals surface area contributed by atoms with Crippen molar-refractivity contribution in [3.8, 4) is 0 Å². The number of aliphatic hydroxyl groups excluding tert-OH is 1. The normalized spacial score (nSPS) is 14.4. The zero-order valence-electron chi connectivity index (χ0n) is 60.7. The Balaban J connectivity index is 5.23. The Morgan fingerprint density at radius 2 is 0.548 bits per heavy atom. The van der Waals surface area contributed by atoms with Crippen LogP contribution in [-0.2, 0) is 65.4 Å². The van der Waals surface area contributed by atoms with E-state index in [0.717, 1.165) is 108 Å². The molecule has 0 saturated carbocycles. The lowest BCUT2D eigenvalue weighted by Gasteiger charge is -2.21. The third-order valence-corrected chi connectivity index (χ3v) is 19.4. The molecule has 0 aromatic rings. The molecule has 0 aliphatic rings. The Morgan fingerprint density at radius 3 is 0.817 bits per heavy atom. The second-order valence-electron chi connectivity index (χ2n) is 27.9. The lowest BCUT2D eigenvalue weighted by Crippen LogP contribution is -2.30. The van der Waals surface area contributed by atoms with Gasteiger partial charge < -0.3 is 33.8 Å². The molecule has 0 rings (SSSR count). The lowest BCUT2D eigenvalue weighted by molar-refractivity contribution is -0.161. The first-order valence-electron chi connectivity index (χ1n) is 38.4. The molecule has 552 valence electrons. The third-order valence-electron chi connectivity index (χ3n) is 17.5. The summed E-state index contributed by atoms with van der Waals surface area (Å²) >= 11 is 0. The van der Waals surface area contributed by atoms with Crippen molar-refractivity contribution in [3.63, 3.8) is 0 Å². The van der Waals surface area contributed by atoms with Gasteiger partial charge in [0.1, 0.15) is 19.3 Å². The first-order chi connectivity index (χ1) is 44.8. The molecule has 17 nitrogen and oxygen atoms in total. The van der Waals surface area contributed by atoms with E-state index in [1.807, 2.05) is 0 Å². The van der Waals surface area contributed by atoms with Crippen molar-refractivity contribution < 1.29 is 80.2 Å². The summed E-state index contributed by atoms with van der Waals surface area (Å²) in [5, 5.41) is 10.6. The smallest absolute Gasteiger partial charge is 0.462 e. The van der Waals surface area contributed by atoms with E-state index in [2.05, 4.69) is 48.5 Å². The molecule has 0 fully saturated rings. The minimum Gasteiger partial charge on any atom is -0.462 e. The van der Waals surface area contributed by atoms with Crippen molar-refractivity contribution in [2.75, 3.05) is 39.6 Å². The fraction of sp³-hybridized carbons (Fsp3) is 0.946. The SMILES string of the molecule is CCCCCCCCCCCCC(=O)OC[C@H](COP(=O)(O)OC[C@H](O)COP(=O)(O)OC[C@@H](COC(=O)CCCCCCCCCCCCCCC(C)C)OC(=O)CCCCCCCCCCCCCCCCCC(C)C)OC(=O)CCCCCCCCC(C)CC. The van der Waals surface area contributed by atoms with Gasteiger partial charge in [-0.2, -0.15) is 0 Å². The highest BCUT2D eigenvalue weighted by Crippen LogP contribution is 2.45. The van der Waals surface area contributed by atoms with Crippen molar-refractivity contribution in [1.82, 2.24) is 0 Å². The van der Waals surface area contributed by atoms with Crippen LogP contribution in [0.25, 0.3) is 0 Å². The summed E-state index contributed by atoms with van der Waals surface area (Å²) in [7, 11) is -9.91.